The number of hydrogen-bond acceptors (Lipinski definition) is 4. The summed E-state index contributed by atoms with van der Waals surface area (Å²) in [5.74, 6) is 0.635. The molecule has 294 valence electrons. The van der Waals surface area contributed by atoms with Gasteiger partial charge in [-0.05, 0) is 101 Å². The first-order valence-electron chi connectivity index (χ1n) is 21.2. The second-order valence-corrected chi connectivity index (χ2v) is 16.1. The molecule has 0 fully saturated rings. The van der Waals surface area contributed by atoms with Gasteiger partial charge in [0.2, 0.25) is 0 Å². The Morgan fingerprint density at radius 2 is 0.778 bits per heavy atom. The van der Waals surface area contributed by atoms with Gasteiger partial charge in [0.05, 0.1) is 28.1 Å². The van der Waals surface area contributed by atoms with E-state index < -0.39 is 0 Å². The molecule has 0 bridgehead atoms. The first kappa shape index (κ1) is 35.2. The van der Waals surface area contributed by atoms with Crippen LogP contribution in [0.1, 0.15) is 0 Å². The predicted octanol–water partition coefficient (Wildman–Crippen LogP) is 15.7. The summed E-state index contributed by atoms with van der Waals surface area (Å²) in [6.45, 7) is 0. The van der Waals surface area contributed by atoms with Crippen LogP contribution in [0, 0.1) is 0 Å². The Hall–Kier alpha value is -8.54. The summed E-state index contributed by atoms with van der Waals surface area (Å²) in [7, 11) is 0. The van der Waals surface area contributed by atoms with Gasteiger partial charge in [-0.25, -0.2) is 9.97 Å². The van der Waals surface area contributed by atoms with Crippen molar-refractivity contribution >= 4 is 65.7 Å². The number of aromatic nitrogens is 3. The Labute approximate surface area is 361 Å². The fraction of sp³-hybridized carbons (Fsp3) is 0. The zero-order valence-electron chi connectivity index (χ0n) is 33.9. The highest BCUT2D eigenvalue weighted by molar-refractivity contribution is 6.10. The van der Waals surface area contributed by atoms with Crippen molar-refractivity contribution in [1.29, 1.82) is 0 Å². The average molecular weight is 806 g/mol. The summed E-state index contributed by atoms with van der Waals surface area (Å²) in [5.41, 5.74) is 15.7. The fourth-order valence-electron chi connectivity index (χ4n) is 9.44. The lowest BCUT2D eigenvalue weighted by Gasteiger charge is -2.16. The van der Waals surface area contributed by atoms with Crippen molar-refractivity contribution in [3.63, 3.8) is 0 Å². The maximum Gasteiger partial charge on any atom is 0.160 e. The topological polar surface area (TPSA) is 57.0 Å². The van der Waals surface area contributed by atoms with Crippen LogP contribution >= 0.6 is 0 Å². The summed E-state index contributed by atoms with van der Waals surface area (Å²) in [6, 6.07) is 74.5. The van der Waals surface area contributed by atoms with Gasteiger partial charge in [0.15, 0.2) is 5.82 Å². The summed E-state index contributed by atoms with van der Waals surface area (Å²) in [5, 5.41) is 6.76. The minimum Gasteiger partial charge on any atom is -0.456 e. The largest absolute Gasteiger partial charge is 0.456 e. The van der Waals surface area contributed by atoms with Crippen LogP contribution in [0.25, 0.3) is 128 Å². The van der Waals surface area contributed by atoms with Crippen LogP contribution < -0.4 is 0 Å². The van der Waals surface area contributed by atoms with Crippen LogP contribution in [0.2, 0.25) is 0 Å². The van der Waals surface area contributed by atoms with E-state index in [0.29, 0.717) is 5.82 Å². The molecule has 0 aliphatic heterocycles. The van der Waals surface area contributed by atoms with E-state index in [1.807, 2.05) is 30.3 Å². The highest BCUT2D eigenvalue weighted by Gasteiger charge is 2.20. The number of nitrogens with zero attached hydrogens (tertiary/aromatic N) is 3. The summed E-state index contributed by atoms with van der Waals surface area (Å²) >= 11 is 0. The lowest BCUT2D eigenvalue weighted by Crippen LogP contribution is -2.01. The molecule has 0 amide bonds. The molecule has 0 saturated heterocycles. The van der Waals surface area contributed by atoms with E-state index in [4.69, 9.17) is 18.8 Å². The number of benzene rings is 9. The Balaban J connectivity index is 1.06. The van der Waals surface area contributed by atoms with Crippen molar-refractivity contribution in [1.82, 2.24) is 14.5 Å². The van der Waals surface area contributed by atoms with Crippen LogP contribution in [0.15, 0.2) is 221 Å². The van der Waals surface area contributed by atoms with Gasteiger partial charge in [-0.2, -0.15) is 0 Å². The van der Waals surface area contributed by atoms with Crippen LogP contribution in [-0.4, -0.2) is 14.5 Å². The van der Waals surface area contributed by atoms with Gasteiger partial charge in [0.1, 0.15) is 22.3 Å². The van der Waals surface area contributed by atoms with Gasteiger partial charge in [-0.15, -0.1) is 0 Å². The number of furan rings is 2. The first-order chi connectivity index (χ1) is 31.2. The molecule has 0 N–H and O–H groups in total. The maximum absolute atomic E-state index is 6.26. The Morgan fingerprint density at radius 1 is 0.302 bits per heavy atom. The van der Waals surface area contributed by atoms with Crippen molar-refractivity contribution in [3.05, 3.63) is 212 Å². The molecule has 5 heteroatoms. The minimum atomic E-state index is 0.635. The highest BCUT2D eigenvalue weighted by Crippen LogP contribution is 2.41. The van der Waals surface area contributed by atoms with E-state index in [2.05, 4.69) is 187 Å². The van der Waals surface area contributed by atoms with E-state index >= 15 is 0 Å². The normalized spacial score (nSPS) is 11.8. The molecular weight excluding hydrogens is 771 g/mol. The molecule has 9 aromatic carbocycles. The maximum atomic E-state index is 6.26. The molecular formula is C58H35N3O2. The standard InChI is InChI=1S/C58H35N3O2/c1-2-14-36(15-3-1)49-35-50(46-20-6-11-23-53(46)61-51-21-9-4-16-42(51)43-17-5-10-22-52(43)61)60-58(59-49)41-31-39(37-26-28-56-47(33-37)44-18-7-12-24-54(44)62-56)30-40(32-41)38-27-29-57-48(34-38)45-19-8-13-25-55(45)63-57/h1-35H. The van der Waals surface area contributed by atoms with Crippen LogP contribution in [-0.2, 0) is 0 Å². The number of para-hydroxylation sites is 5. The SMILES string of the molecule is c1ccc(-c2cc(-c3ccccc3-n3c4ccccc4c4ccccc43)nc(-c3cc(-c4ccc5oc6ccccc6c5c4)cc(-c4ccc5oc6ccccc6c5c4)c3)n2)cc1. The van der Waals surface area contributed by atoms with Gasteiger partial charge in [-0.3, -0.25) is 0 Å². The van der Waals surface area contributed by atoms with Gasteiger partial charge in [0, 0.05) is 49.0 Å². The zero-order valence-corrected chi connectivity index (χ0v) is 33.9. The highest BCUT2D eigenvalue weighted by atomic mass is 16.3. The quantitative estimate of drug-likeness (QED) is 0.168. The van der Waals surface area contributed by atoms with E-state index in [9.17, 15) is 0 Å². The Bertz CT molecular complexity index is 3740. The minimum absolute atomic E-state index is 0.635. The summed E-state index contributed by atoms with van der Waals surface area (Å²) < 4.78 is 14.9. The van der Waals surface area contributed by atoms with E-state index in [-0.39, 0.29) is 0 Å². The second-order valence-electron chi connectivity index (χ2n) is 16.1. The van der Waals surface area contributed by atoms with Crippen LogP contribution in [0.5, 0.6) is 0 Å². The summed E-state index contributed by atoms with van der Waals surface area (Å²) in [6.07, 6.45) is 0. The smallest absolute Gasteiger partial charge is 0.160 e. The fourth-order valence-corrected chi connectivity index (χ4v) is 9.44. The van der Waals surface area contributed by atoms with Crippen molar-refractivity contribution in [3.8, 4) is 61.8 Å². The van der Waals surface area contributed by atoms with Gasteiger partial charge >= 0.3 is 0 Å². The monoisotopic (exact) mass is 805 g/mol. The summed E-state index contributed by atoms with van der Waals surface area (Å²) in [4.78, 5) is 10.9. The van der Waals surface area contributed by atoms with Crippen molar-refractivity contribution in [2.45, 2.75) is 0 Å². The Morgan fingerprint density at radius 3 is 1.40 bits per heavy atom. The third-order valence-electron chi connectivity index (χ3n) is 12.4. The number of hydrogen-bond donors (Lipinski definition) is 0. The third-order valence-corrected chi connectivity index (χ3v) is 12.4. The molecule has 0 atom stereocenters. The molecule has 63 heavy (non-hydrogen) atoms. The predicted molar refractivity (Wildman–Crippen MR) is 258 cm³/mol. The molecule has 5 nitrogen and oxygen atoms in total. The van der Waals surface area contributed by atoms with E-state index in [0.717, 1.165) is 111 Å². The molecule has 13 aromatic rings. The van der Waals surface area contributed by atoms with Gasteiger partial charge < -0.3 is 13.4 Å². The van der Waals surface area contributed by atoms with Gasteiger partial charge in [-0.1, -0.05) is 133 Å². The molecule has 0 spiro atoms. The van der Waals surface area contributed by atoms with E-state index in [1.54, 1.807) is 0 Å². The molecule has 0 unspecified atom stereocenters. The van der Waals surface area contributed by atoms with Crippen LogP contribution in [0.4, 0.5) is 0 Å². The first-order valence-corrected chi connectivity index (χ1v) is 21.2. The molecule has 13 rings (SSSR count). The second kappa shape index (κ2) is 14.0. The molecule has 0 saturated carbocycles. The molecule has 4 heterocycles. The van der Waals surface area contributed by atoms with Gasteiger partial charge in [0.25, 0.3) is 0 Å². The van der Waals surface area contributed by atoms with Crippen molar-refractivity contribution in [2.75, 3.05) is 0 Å². The molecule has 0 aliphatic carbocycles. The third kappa shape index (κ3) is 5.78. The van der Waals surface area contributed by atoms with Crippen molar-refractivity contribution < 1.29 is 8.83 Å². The van der Waals surface area contributed by atoms with Crippen LogP contribution in [0.3, 0.4) is 0 Å². The molecule has 0 aliphatic rings. The lowest BCUT2D eigenvalue weighted by molar-refractivity contribution is 0.668. The number of rotatable bonds is 6. The average Bonchev–Trinajstić information content (AvgIpc) is 4.03. The van der Waals surface area contributed by atoms with E-state index in [1.165, 1.54) is 10.8 Å². The molecule has 0 radical (unpaired) electrons. The number of fused-ring (bicyclic) bond motifs is 9. The Kier molecular flexibility index (Phi) is 7.84. The lowest BCUT2D eigenvalue weighted by atomic mass is 9.94. The molecule has 4 aromatic heterocycles. The van der Waals surface area contributed by atoms with Crippen molar-refractivity contribution in [2.24, 2.45) is 0 Å². The zero-order chi connectivity index (χ0) is 41.4.